The molecule has 1 amide bonds. The van der Waals surface area contributed by atoms with Gasteiger partial charge in [-0.25, -0.2) is 0 Å². The third kappa shape index (κ3) is 3.30. The Kier molecular flexibility index (Phi) is 3.78. The van der Waals surface area contributed by atoms with E-state index in [-0.39, 0.29) is 5.91 Å². The minimum atomic E-state index is 0.118. The first kappa shape index (κ1) is 12.1. The van der Waals surface area contributed by atoms with Crippen LogP contribution in [0.2, 0.25) is 0 Å². The monoisotopic (exact) mass is 236 g/mol. The Hall–Kier alpha value is -1.36. The maximum Gasteiger partial charge on any atom is 0.221 e. The van der Waals surface area contributed by atoms with Gasteiger partial charge >= 0.3 is 0 Å². The Morgan fingerprint density at radius 3 is 3.12 bits per heavy atom. The van der Waals surface area contributed by atoms with Gasteiger partial charge in [0.05, 0.1) is 5.69 Å². The van der Waals surface area contributed by atoms with Crippen molar-refractivity contribution in [1.29, 1.82) is 0 Å². The summed E-state index contributed by atoms with van der Waals surface area (Å²) in [7, 11) is 1.89. The van der Waals surface area contributed by atoms with Gasteiger partial charge in [0.2, 0.25) is 5.91 Å². The molecule has 1 aliphatic heterocycles. The molecule has 2 heterocycles. The van der Waals surface area contributed by atoms with Crippen LogP contribution in [0.1, 0.15) is 30.5 Å². The summed E-state index contributed by atoms with van der Waals surface area (Å²) in [5, 5.41) is 10.5. The first-order valence-electron chi connectivity index (χ1n) is 6.14. The molecule has 2 rings (SSSR count). The number of aryl methyl sites for hydroxylation is 2. The number of aromatic nitrogens is 2. The number of rotatable bonds is 4. The largest absolute Gasteiger partial charge is 0.352 e. The van der Waals surface area contributed by atoms with Crippen molar-refractivity contribution >= 4 is 5.91 Å². The maximum absolute atomic E-state index is 11.7. The summed E-state index contributed by atoms with van der Waals surface area (Å²) >= 11 is 0. The van der Waals surface area contributed by atoms with Crippen molar-refractivity contribution in [2.24, 2.45) is 7.05 Å². The lowest BCUT2D eigenvalue weighted by Gasteiger charge is -2.09. The van der Waals surface area contributed by atoms with Crippen LogP contribution in [0, 0.1) is 6.92 Å². The molecule has 0 aliphatic carbocycles. The van der Waals surface area contributed by atoms with Crippen LogP contribution in [0.3, 0.4) is 0 Å². The van der Waals surface area contributed by atoms with Gasteiger partial charge in [-0.3, -0.25) is 9.48 Å². The normalized spacial score (nSPS) is 19.5. The van der Waals surface area contributed by atoms with Crippen LogP contribution >= 0.6 is 0 Å². The molecular weight excluding hydrogens is 216 g/mol. The Morgan fingerprint density at radius 2 is 2.53 bits per heavy atom. The quantitative estimate of drug-likeness (QED) is 0.799. The first-order chi connectivity index (χ1) is 8.15. The van der Waals surface area contributed by atoms with Crippen molar-refractivity contribution in [3.05, 3.63) is 17.5 Å². The lowest BCUT2D eigenvalue weighted by atomic mass is 10.1. The number of nitrogens with zero attached hydrogens (tertiary/aromatic N) is 2. The number of hydrogen-bond donors (Lipinski definition) is 2. The minimum Gasteiger partial charge on any atom is -0.352 e. The molecule has 0 saturated carbocycles. The second-order valence-corrected chi connectivity index (χ2v) is 4.69. The standard InChI is InChI=1S/C12H20N4O/c1-9-10(8-16(2)15-9)7-14-12(17)6-11-4-3-5-13-11/h8,11,13H,3-7H2,1-2H3,(H,14,17). The van der Waals surface area contributed by atoms with Gasteiger partial charge in [-0.1, -0.05) is 0 Å². The van der Waals surface area contributed by atoms with E-state index in [2.05, 4.69) is 15.7 Å². The predicted molar refractivity (Wildman–Crippen MR) is 65.4 cm³/mol. The summed E-state index contributed by atoms with van der Waals surface area (Å²) in [6.45, 7) is 3.57. The zero-order valence-electron chi connectivity index (χ0n) is 10.5. The fraction of sp³-hybridized carbons (Fsp3) is 0.667. The summed E-state index contributed by atoms with van der Waals surface area (Å²) in [6, 6.07) is 0.366. The summed E-state index contributed by atoms with van der Waals surface area (Å²) in [5.41, 5.74) is 2.06. The number of amides is 1. The lowest BCUT2D eigenvalue weighted by molar-refractivity contribution is -0.121. The third-order valence-electron chi connectivity index (χ3n) is 3.19. The van der Waals surface area contributed by atoms with Gasteiger partial charge in [-0.05, 0) is 26.3 Å². The third-order valence-corrected chi connectivity index (χ3v) is 3.19. The molecule has 1 aromatic rings. The van der Waals surface area contributed by atoms with Crippen molar-refractivity contribution < 1.29 is 4.79 Å². The molecule has 1 aromatic heterocycles. The first-order valence-corrected chi connectivity index (χ1v) is 6.14. The van der Waals surface area contributed by atoms with Crippen LogP contribution < -0.4 is 10.6 Å². The Labute approximate surface area is 102 Å². The van der Waals surface area contributed by atoms with E-state index in [4.69, 9.17) is 0 Å². The minimum absolute atomic E-state index is 0.118. The summed E-state index contributed by atoms with van der Waals surface area (Å²) < 4.78 is 1.77. The molecule has 94 valence electrons. The molecule has 0 radical (unpaired) electrons. The molecule has 1 fully saturated rings. The lowest BCUT2D eigenvalue weighted by Crippen LogP contribution is -2.31. The molecule has 0 bridgehead atoms. The number of nitrogens with one attached hydrogen (secondary N) is 2. The van der Waals surface area contributed by atoms with Crippen molar-refractivity contribution in [3.63, 3.8) is 0 Å². The Balaban J connectivity index is 1.77. The van der Waals surface area contributed by atoms with Crippen molar-refractivity contribution in [2.75, 3.05) is 6.54 Å². The molecule has 1 unspecified atom stereocenters. The number of carbonyl (C=O) groups is 1. The topological polar surface area (TPSA) is 59.0 Å². The van der Waals surface area contributed by atoms with E-state index in [1.54, 1.807) is 4.68 Å². The second-order valence-electron chi connectivity index (χ2n) is 4.69. The van der Waals surface area contributed by atoms with E-state index in [0.29, 0.717) is 19.0 Å². The van der Waals surface area contributed by atoms with E-state index in [9.17, 15) is 4.79 Å². The molecule has 5 nitrogen and oxygen atoms in total. The van der Waals surface area contributed by atoms with Gasteiger partial charge in [0, 0.05) is 37.8 Å². The second kappa shape index (κ2) is 5.31. The van der Waals surface area contributed by atoms with Crippen LogP contribution in [0.4, 0.5) is 0 Å². The van der Waals surface area contributed by atoms with E-state index in [1.165, 1.54) is 6.42 Å². The van der Waals surface area contributed by atoms with E-state index in [0.717, 1.165) is 24.2 Å². The molecular formula is C12H20N4O. The zero-order valence-corrected chi connectivity index (χ0v) is 10.5. The van der Waals surface area contributed by atoms with Crippen LogP contribution in [0.25, 0.3) is 0 Å². The van der Waals surface area contributed by atoms with Gasteiger partial charge in [-0.2, -0.15) is 5.10 Å². The molecule has 1 atom stereocenters. The highest BCUT2D eigenvalue weighted by atomic mass is 16.1. The van der Waals surface area contributed by atoms with Crippen LogP contribution in [-0.4, -0.2) is 28.3 Å². The van der Waals surface area contributed by atoms with Gasteiger partial charge in [0.1, 0.15) is 0 Å². The Bertz CT molecular complexity index is 393. The van der Waals surface area contributed by atoms with Gasteiger partial charge in [-0.15, -0.1) is 0 Å². The van der Waals surface area contributed by atoms with Crippen LogP contribution in [0.15, 0.2) is 6.20 Å². The van der Waals surface area contributed by atoms with Crippen molar-refractivity contribution in [2.45, 2.75) is 38.8 Å². The highest BCUT2D eigenvalue weighted by molar-refractivity contribution is 5.76. The van der Waals surface area contributed by atoms with Crippen molar-refractivity contribution in [3.8, 4) is 0 Å². The summed E-state index contributed by atoms with van der Waals surface area (Å²) in [5.74, 6) is 0.118. The number of carbonyl (C=O) groups excluding carboxylic acids is 1. The molecule has 17 heavy (non-hydrogen) atoms. The van der Waals surface area contributed by atoms with E-state index >= 15 is 0 Å². The smallest absolute Gasteiger partial charge is 0.221 e. The van der Waals surface area contributed by atoms with Crippen molar-refractivity contribution in [1.82, 2.24) is 20.4 Å². The molecule has 0 aromatic carbocycles. The fourth-order valence-electron chi connectivity index (χ4n) is 2.24. The van der Waals surface area contributed by atoms with Gasteiger partial charge < -0.3 is 10.6 Å². The highest BCUT2D eigenvalue weighted by Crippen LogP contribution is 2.09. The SMILES string of the molecule is Cc1nn(C)cc1CNC(=O)CC1CCCN1. The molecule has 0 spiro atoms. The van der Waals surface area contributed by atoms with Gasteiger partial charge in [0.15, 0.2) is 0 Å². The highest BCUT2D eigenvalue weighted by Gasteiger charge is 2.17. The summed E-state index contributed by atoms with van der Waals surface area (Å²) in [4.78, 5) is 11.7. The number of hydrogen-bond acceptors (Lipinski definition) is 3. The average Bonchev–Trinajstić information content (AvgIpc) is 2.86. The van der Waals surface area contributed by atoms with Gasteiger partial charge in [0.25, 0.3) is 0 Å². The molecule has 1 aliphatic rings. The van der Waals surface area contributed by atoms with Crippen LogP contribution in [-0.2, 0) is 18.4 Å². The fourth-order valence-corrected chi connectivity index (χ4v) is 2.24. The zero-order chi connectivity index (χ0) is 12.3. The molecule has 1 saturated heterocycles. The molecule has 2 N–H and O–H groups in total. The maximum atomic E-state index is 11.7. The summed E-state index contributed by atoms with van der Waals surface area (Å²) in [6.07, 6.45) is 4.82. The molecule has 5 heteroatoms. The van der Waals surface area contributed by atoms with E-state index < -0.39 is 0 Å². The van der Waals surface area contributed by atoms with Crippen LogP contribution in [0.5, 0.6) is 0 Å². The Morgan fingerprint density at radius 1 is 1.71 bits per heavy atom. The van der Waals surface area contributed by atoms with E-state index in [1.807, 2.05) is 20.2 Å². The average molecular weight is 236 g/mol. The predicted octanol–water partition coefficient (Wildman–Crippen LogP) is 0.487.